The van der Waals surface area contributed by atoms with Gasteiger partial charge in [-0.1, -0.05) is 6.07 Å². The Labute approximate surface area is 164 Å². The summed E-state index contributed by atoms with van der Waals surface area (Å²) < 4.78 is 46.1. The Balaban J connectivity index is 0.00000261. The van der Waals surface area contributed by atoms with Crippen LogP contribution in [0.4, 0.5) is 4.39 Å². The van der Waals surface area contributed by atoms with E-state index in [1.807, 2.05) is 0 Å². The molecule has 1 amide bonds. The molecule has 1 aromatic carbocycles. The number of hydrogen-bond acceptors (Lipinski definition) is 5. The zero-order chi connectivity index (χ0) is 18.8. The largest absolute Gasteiger partial charge is 0.381 e. The zero-order valence-electron chi connectivity index (χ0n) is 14.9. The minimum Gasteiger partial charge on any atom is -0.381 e. The lowest BCUT2D eigenvalue weighted by atomic mass is 9.89. The number of ether oxygens (including phenoxy) is 1. The highest BCUT2D eigenvalue weighted by Gasteiger charge is 2.40. The summed E-state index contributed by atoms with van der Waals surface area (Å²) in [5, 5.41) is 0. The Hall–Kier alpha value is -1.26. The van der Waals surface area contributed by atoms with Gasteiger partial charge < -0.3 is 15.4 Å². The van der Waals surface area contributed by atoms with Gasteiger partial charge in [-0.15, -0.1) is 12.4 Å². The summed E-state index contributed by atoms with van der Waals surface area (Å²) in [6, 6.07) is 4.43. The highest BCUT2D eigenvalue weighted by Crippen LogP contribution is 2.23. The molecule has 0 aliphatic carbocycles. The van der Waals surface area contributed by atoms with E-state index in [9.17, 15) is 17.6 Å². The van der Waals surface area contributed by atoms with Crippen LogP contribution in [0.25, 0.3) is 0 Å². The van der Waals surface area contributed by atoms with Crippen LogP contribution in [-0.2, 0) is 19.6 Å². The van der Waals surface area contributed by atoms with Crippen LogP contribution in [0.3, 0.4) is 0 Å². The molecule has 2 aliphatic rings. The number of halogens is 2. The van der Waals surface area contributed by atoms with Gasteiger partial charge in [-0.2, -0.15) is 0 Å². The number of sulfonamides is 1. The third-order valence-corrected chi connectivity index (χ3v) is 6.47. The van der Waals surface area contributed by atoms with Gasteiger partial charge in [-0.05, 0) is 43.9 Å². The summed E-state index contributed by atoms with van der Waals surface area (Å²) in [5.41, 5.74) is 5.32. The number of likely N-dealkylation sites (tertiary alicyclic amines) is 1. The number of benzene rings is 1. The third-order valence-electron chi connectivity index (χ3n) is 4.95. The molecule has 0 spiro atoms. The van der Waals surface area contributed by atoms with E-state index in [4.69, 9.17) is 10.5 Å². The molecule has 0 aromatic heterocycles. The molecule has 1 unspecified atom stereocenters. The average molecular weight is 422 g/mol. The summed E-state index contributed by atoms with van der Waals surface area (Å²) >= 11 is 0. The minimum absolute atomic E-state index is 0. The molecule has 27 heavy (non-hydrogen) atoms. The van der Waals surface area contributed by atoms with Gasteiger partial charge in [-0.25, -0.2) is 17.5 Å². The van der Waals surface area contributed by atoms with E-state index >= 15 is 0 Å². The van der Waals surface area contributed by atoms with E-state index in [0.717, 1.165) is 6.07 Å². The van der Waals surface area contributed by atoms with Crippen molar-refractivity contribution < 1.29 is 22.3 Å². The Kier molecular flexibility index (Phi) is 7.20. The van der Waals surface area contributed by atoms with Crippen molar-refractivity contribution in [1.29, 1.82) is 0 Å². The molecule has 2 aliphatic heterocycles. The van der Waals surface area contributed by atoms with Crippen LogP contribution < -0.4 is 10.5 Å². The maximum atomic E-state index is 13.3. The molecule has 7 nitrogen and oxygen atoms in total. The second-order valence-electron chi connectivity index (χ2n) is 6.94. The van der Waals surface area contributed by atoms with Gasteiger partial charge in [0, 0.05) is 32.3 Å². The molecule has 0 saturated carbocycles. The van der Waals surface area contributed by atoms with Crippen molar-refractivity contribution >= 4 is 28.3 Å². The first-order valence-electron chi connectivity index (χ1n) is 8.74. The first-order chi connectivity index (χ1) is 12.3. The summed E-state index contributed by atoms with van der Waals surface area (Å²) in [6.45, 7) is 1.71. The van der Waals surface area contributed by atoms with Crippen molar-refractivity contribution in [1.82, 2.24) is 9.62 Å². The first kappa shape index (κ1) is 22.0. The summed E-state index contributed by atoms with van der Waals surface area (Å²) in [4.78, 5) is 14.3. The summed E-state index contributed by atoms with van der Waals surface area (Å²) in [5.74, 6) is -0.770. The molecule has 2 heterocycles. The van der Waals surface area contributed by atoms with Crippen molar-refractivity contribution in [3.63, 3.8) is 0 Å². The van der Waals surface area contributed by atoms with Crippen LogP contribution in [0, 0.1) is 5.82 Å². The highest BCUT2D eigenvalue weighted by molar-refractivity contribution is 7.89. The Bertz CT molecular complexity index is 771. The average Bonchev–Trinajstić information content (AvgIpc) is 2.61. The van der Waals surface area contributed by atoms with Crippen LogP contribution in [0.5, 0.6) is 0 Å². The first-order valence-corrected chi connectivity index (χ1v) is 10.2. The van der Waals surface area contributed by atoms with Crippen molar-refractivity contribution in [3.05, 3.63) is 30.1 Å². The minimum atomic E-state index is -3.85. The van der Waals surface area contributed by atoms with Gasteiger partial charge in [0.2, 0.25) is 15.9 Å². The molecule has 1 aromatic rings. The second-order valence-corrected chi connectivity index (χ2v) is 8.65. The molecule has 1 atom stereocenters. The van der Waals surface area contributed by atoms with Crippen molar-refractivity contribution in [2.24, 2.45) is 5.73 Å². The van der Waals surface area contributed by atoms with E-state index in [1.54, 1.807) is 4.90 Å². The number of carbonyl (C=O) groups excluding carboxylic acids is 1. The number of amides is 1. The van der Waals surface area contributed by atoms with Crippen LogP contribution in [0.15, 0.2) is 29.2 Å². The molecular formula is C17H25ClFN3O4S. The van der Waals surface area contributed by atoms with Crippen LogP contribution in [0.2, 0.25) is 0 Å². The highest BCUT2D eigenvalue weighted by atomic mass is 35.5. The number of hydrogen-bond donors (Lipinski definition) is 2. The smallest absolute Gasteiger partial charge is 0.242 e. The zero-order valence-corrected chi connectivity index (χ0v) is 16.5. The predicted octanol–water partition coefficient (Wildman–Crippen LogP) is 1.02. The van der Waals surface area contributed by atoms with Crippen LogP contribution in [0.1, 0.15) is 25.7 Å². The molecule has 0 radical (unpaired) electrons. The fraction of sp³-hybridized carbons (Fsp3) is 0.588. The number of rotatable bonds is 4. The van der Waals surface area contributed by atoms with E-state index < -0.39 is 27.4 Å². The quantitative estimate of drug-likeness (QED) is 0.755. The normalized spacial score (nSPS) is 22.7. The molecule has 2 saturated heterocycles. The Morgan fingerprint density at radius 3 is 2.70 bits per heavy atom. The topological polar surface area (TPSA) is 102 Å². The van der Waals surface area contributed by atoms with Gasteiger partial charge in [0.1, 0.15) is 5.82 Å². The third kappa shape index (κ3) is 5.17. The standard InChI is InChI=1S/C17H24FN3O4S.ClH/c18-13-3-1-5-15(11-13)26(23,24)20-14-4-2-8-21(12-14)16(22)17(19)6-9-25-10-7-17;/h1,3,5,11,14,20H,2,4,6-10,12,19H2;1H. The maximum Gasteiger partial charge on any atom is 0.242 e. The monoisotopic (exact) mass is 421 g/mol. The number of nitrogens with zero attached hydrogens (tertiary/aromatic N) is 1. The lowest BCUT2D eigenvalue weighted by Crippen LogP contribution is -2.61. The number of nitrogens with one attached hydrogen (secondary N) is 1. The number of piperidine rings is 1. The summed E-state index contributed by atoms with van der Waals surface area (Å²) in [7, 11) is -3.85. The van der Waals surface area contributed by atoms with Gasteiger partial charge in [0.25, 0.3) is 0 Å². The second kappa shape index (κ2) is 8.83. The van der Waals surface area contributed by atoms with Crippen LogP contribution in [-0.4, -0.2) is 57.1 Å². The predicted molar refractivity (Wildman–Crippen MR) is 101 cm³/mol. The Morgan fingerprint density at radius 2 is 2.04 bits per heavy atom. The van der Waals surface area contributed by atoms with Crippen molar-refractivity contribution in [3.8, 4) is 0 Å². The number of carbonyl (C=O) groups is 1. The van der Waals surface area contributed by atoms with Crippen molar-refractivity contribution in [2.45, 2.75) is 42.2 Å². The molecule has 10 heteroatoms. The lowest BCUT2D eigenvalue weighted by molar-refractivity contribution is -0.141. The van der Waals surface area contributed by atoms with E-state index in [1.165, 1.54) is 18.2 Å². The molecule has 3 rings (SSSR count). The summed E-state index contributed by atoms with van der Waals surface area (Å²) in [6.07, 6.45) is 2.21. The fourth-order valence-corrected chi connectivity index (χ4v) is 4.74. The molecule has 3 N–H and O–H groups in total. The SMILES string of the molecule is Cl.NC1(C(=O)N2CCCC(NS(=O)(=O)c3cccc(F)c3)C2)CCOCC1. The van der Waals surface area contributed by atoms with E-state index in [-0.39, 0.29) is 29.8 Å². The molecule has 2 fully saturated rings. The van der Waals surface area contributed by atoms with E-state index in [2.05, 4.69) is 4.72 Å². The molecule has 0 bridgehead atoms. The van der Waals surface area contributed by atoms with Gasteiger partial charge in [0.15, 0.2) is 0 Å². The molecule has 152 valence electrons. The van der Waals surface area contributed by atoms with Crippen molar-refractivity contribution in [2.75, 3.05) is 26.3 Å². The number of nitrogens with two attached hydrogens (primary N) is 1. The van der Waals surface area contributed by atoms with Gasteiger partial charge in [-0.3, -0.25) is 4.79 Å². The van der Waals surface area contributed by atoms with Gasteiger partial charge in [0.05, 0.1) is 10.4 Å². The lowest BCUT2D eigenvalue weighted by Gasteiger charge is -2.40. The Morgan fingerprint density at radius 1 is 1.33 bits per heavy atom. The molecular weight excluding hydrogens is 397 g/mol. The van der Waals surface area contributed by atoms with E-state index in [0.29, 0.717) is 45.4 Å². The fourth-order valence-electron chi connectivity index (χ4n) is 3.44. The van der Waals surface area contributed by atoms with Gasteiger partial charge >= 0.3 is 0 Å². The van der Waals surface area contributed by atoms with Crippen LogP contribution >= 0.6 is 12.4 Å². The maximum absolute atomic E-state index is 13.3.